The first kappa shape index (κ1) is 11.5. The number of hydrogen-bond acceptors (Lipinski definition) is 3. The van der Waals surface area contributed by atoms with E-state index in [4.69, 9.17) is 10.1 Å². The lowest BCUT2D eigenvalue weighted by molar-refractivity contribution is -0.0490. The van der Waals surface area contributed by atoms with Gasteiger partial charge in [-0.05, 0) is 26.0 Å². The first-order chi connectivity index (χ1) is 7.21. The first-order valence-electron chi connectivity index (χ1n) is 4.75. The SMILES string of the molecule is CCN(CC)Oc1c[c]c(F)cc1C#N. The Bertz CT molecular complexity index is 369. The largest absolute Gasteiger partial charge is 0.405 e. The Morgan fingerprint density at radius 1 is 1.53 bits per heavy atom. The predicted octanol–water partition coefficient (Wildman–Crippen LogP) is 2.13. The van der Waals surface area contributed by atoms with Crippen LogP contribution in [-0.4, -0.2) is 18.2 Å². The fourth-order valence-corrected chi connectivity index (χ4v) is 1.11. The van der Waals surface area contributed by atoms with Crippen LogP contribution in [0.5, 0.6) is 5.75 Å². The molecule has 0 aliphatic heterocycles. The summed E-state index contributed by atoms with van der Waals surface area (Å²) in [5, 5.41) is 10.4. The Balaban J connectivity index is 2.90. The lowest BCUT2D eigenvalue weighted by atomic mass is 10.2. The van der Waals surface area contributed by atoms with Crippen molar-refractivity contribution in [1.82, 2.24) is 5.06 Å². The average Bonchev–Trinajstić information content (AvgIpc) is 2.27. The van der Waals surface area contributed by atoms with Gasteiger partial charge in [0.2, 0.25) is 0 Å². The second-order valence-electron chi connectivity index (χ2n) is 2.88. The molecule has 0 N–H and O–H groups in total. The Morgan fingerprint density at radius 2 is 2.20 bits per heavy atom. The molecule has 0 bridgehead atoms. The molecule has 0 aromatic heterocycles. The third-order valence-electron chi connectivity index (χ3n) is 1.93. The van der Waals surface area contributed by atoms with Crippen LogP contribution in [0.15, 0.2) is 12.1 Å². The maximum atomic E-state index is 12.8. The number of hydrogen-bond donors (Lipinski definition) is 0. The van der Waals surface area contributed by atoms with Crippen LogP contribution in [0.2, 0.25) is 0 Å². The maximum Gasteiger partial charge on any atom is 0.166 e. The molecule has 0 saturated carbocycles. The summed E-state index contributed by atoms with van der Waals surface area (Å²) in [6.07, 6.45) is 0. The Labute approximate surface area is 88.6 Å². The van der Waals surface area contributed by atoms with E-state index in [1.165, 1.54) is 6.07 Å². The second-order valence-corrected chi connectivity index (χ2v) is 2.88. The molecule has 0 atom stereocenters. The van der Waals surface area contributed by atoms with Crippen molar-refractivity contribution in [3.8, 4) is 11.8 Å². The Morgan fingerprint density at radius 3 is 2.73 bits per heavy atom. The molecule has 0 heterocycles. The summed E-state index contributed by atoms with van der Waals surface area (Å²) in [6.45, 7) is 5.25. The molecule has 15 heavy (non-hydrogen) atoms. The molecule has 0 saturated heterocycles. The number of halogens is 1. The predicted molar refractivity (Wildman–Crippen MR) is 53.5 cm³/mol. The van der Waals surface area contributed by atoms with Gasteiger partial charge in [-0.2, -0.15) is 5.26 Å². The van der Waals surface area contributed by atoms with E-state index in [1.807, 2.05) is 19.9 Å². The lowest BCUT2D eigenvalue weighted by Crippen LogP contribution is -2.27. The van der Waals surface area contributed by atoms with Crippen LogP contribution in [0.4, 0.5) is 4.39 Å². The highest BCUT2D eigenvalue weighted by Crippen LogP contribution is 2.19. The van der Waals surface area contributed by atoms with Gasteiger partial charge in [-0.25, -0.2) is 4.39 Å². The Kier molecular flexibility index (Phi) is 4.07. The number of nitrogens with zero attached hydrogens (tertiary/aromatic N) is 2. The summed E-state index contributed by atoms with van der Waals surface area (Å²) in [4.78, 5) is 5.40. The van der Waals surface area contributed by atoms with Gasteiger partial charge < -0.3 is 4.84 Å². The van der Waals surface area contributed by atoms with E-state index in [0.29, 0.717) is 18.8 Å². The fraction of sp³-hybridized carbons (Fsp3) is 0.364. The van der Waals surface area contributed by atoms with E-state index in [0.717, 1.165) is 6.07 Å². The fourth-order valence-electron chi connectivity index (χ4n) is 1.11. The minimum Gasteiger partial charge on any atom is -0.405 e. The van der Waals surface area contributed by atoms with Crippen LogP contribution in [-0.2, 0) is 0 Å². The quantitative estimate of drug-likeness (QED) is 0.709. The molecular weight excluding hydrogens is 195 g/mol. The highest BCUT2D eigenvalue weighted by Gasteiger charge is 2.08. The third kappa shape index (κ3) is 2.93. The standard InChI is InChI=1S/C11H12FN2O/c1-3-14(4-2)15-11-6-5-10(12)7-9(11)8-13/h6-7H,3-4H2,1-2H3. The van der Waals surface area contributed by atoms with Gasteiger partial charge >= 0.3 is 0 Å². The van der Waals surface area contributed by atoms with Crippen LogP contribution in [0.25, 0.3) is 0 Å². The van der Waals surface area contributed by atoms with Gasteiger partial charge in [0.25, 0.3) is 0 Å². The molecule has 0 aliphatic carbocycles. The monoisotopic (exact) mass is 207 g/mol. The number of rotatable bonds is 4. The molecule has 0 amide bonds. The van der Waals surface area contributed by atoms with E-state index in [9.17, 15) is 4.39 Å². The summed E-state index contributed by atoms with van der Waals surface area (Å²) < 4.78 is 12.8. The minimum atomic E-state index is -0.557. The molecule has 1 aromatic rings. The zero-order valence-electron chi connectivity index (χ0n) is 8.75. The molecule has 79 valence electrons. The highest BCUT2D eigenvalue weighted by atomic mass is 19.1. The molecular formula is C11H12FN2O. The van der Waals surface area contributed by atoms with Gasteiger partial charge in [0.05, 0.1) is 5.56 Å². The van der Waals surface area contributed by atoms with Crippen LogP contribution in [0, 0.1) is 23.2 Å². The summed E-state index contributed by atoms with van der Waals surface area (Å²) in [5.41, 5.74) is 0.179. The van der Waals surface area contributed by atoms with Gasteiger partial charge in [-0.3, -0.25) is 0 Å². The van der Waals surface area contributed by atoms with Crippen molar-refractivity contribution in [1.29, 1.82) is 5.26 Å². The maximum absolute atomic E-state index is 12.8. The molecule has 0 spiro atoms. The average molecular weight is 207 g/mol. The topological polar surface area (TPSA) is 36.3 Å². The van der Waals surface area contributed by atoms with Crippen molar-refractivity contribution < 1.29 is 9.23 Å². The number of benzene rings is 1. The summed E-state index contributed by atoms with van der Waals surface area (Å²) in [5.74, 6) is -0.221. The van der Waals surface area contributed by atoms with Crippen molar-refractivity contribution in [3.05, 3.63) is 29.6 Å². The zero-order valence-corrected chi connectivity index (χ0v) is 8.75. The van der Waals surface area contributed by atoms with Crippen LogP contribution >= 0.6 is 0 Å². The Hall–Kier alpha value is -1.60. The van der Waals surface area contributed by atoms with E-state index in [2.05, 4.69) is 6.07 Å². The number of hydroxylamine groups is 2. The molecule has 1 aromatic carbocycles. The van der Waals surface area contributed by atoms with Gasteiger partial charge in [0.1, 0.15) is 11.9 Å². The van der Waals surface area contributed by atoms with Crippen molar-refractivity contribution in [2.45, 2.75) is 13.8 Å². The molecule has 3 nitrogen and oxygen atoms in total. The van der Waals surface area contributed by atoms with E-state index in [1.54, 1.807) is 5.06 Å². The molecule has 1 radical (unpaired) electrons. The molecule has 1 rings (SSSR count). The van der Waals surface area contributed by atoms with Crippen molar-refractivity contribution in [2.75, 3.05) is 13.1 Å². The molecule has 0 aliphatic rings. The zero-order chi connectivity index (χ0) is 11.3. The first-order valence-corrected chi connectivity index (χ1v) is 4.75. The lowest BCUT2D eigenvalue weighted by Gasteiger charge is -2.19. The van der Waals surface area contributed by atoms with E-state index < -0.39 is 5.82 Å². The van der Waals surface area contributed by atoms with Crippen LogP contribution in [0.3, 0.4) is 0 Å². The summed E-state index contributed by atoms with van der Waals surface area (Å²) in [7, 11) is 0. The van der Waals surface area contributed by atoms with Crippen molar-refractivity contribution in [2.24, 2.45) is 0 Å². The highest BCUT2D eigenvalue weighted by molar-refractivity contribution is 5.42. The normalized spacial score (nSPS) is 10.1. The van der Waals surface area contributed by atoms with Gasteiger partial charge in [-0.15, -0.1) is 5.06 Å². The van der Waals surface area contributed by atoms with Crippen molar-refractivity contribution in [3.63, 3.8) is 0 Å². The van der Waals surface area contributed by atoms with E-state index >= 15 is 0 Å². The minimum absolute atomic E-state index is 0.179. The van der Waals surface area contributed by atoms with Gasteiger partial charge in [0.15, 0.2) is 5.75 Å². The third-order valence-corrected chi connectivity index (χ3v) is 1.93. The summed E-state index contributed by atoms with van der Waals surface area (Å²) in [6, 6.07) is 6.69. The van der Waals surface area contributed by atoms with E-state index in [-0.39, 0.29) is 5.56 Å². The van der Waals surface area contributed by atoms with Crippen molar-refractivity contribution >= 4 is 0 Å². The molecule has 0 unspecified atom stereocenters. The smallest absolute Gasteiger partial charge is 0.166 e. The summed E-state index contributed by atoms with van der Waals surface area (Å²) >= 11 is 0. The van der Waals surface area contributed by atoms with Gasteiger partial charge in [0, 0.05) is 19.2 Å². The molecule has 0 fully saturated rings. The van der Waals surface area contributed by atoms with Crippen LogP contribution in [0.1, 0.15) is 19.4 Å². The number of nitriles is 1. The second kappa shape index (κ2) is 5.32. The van der Waals surface area contributed by atoms with Crippen LogP contribution < -0.4 is 4.84 Å². The molecule has 4 heteroatoms. The van der Waals surface area contributed by atoms with Gasteiger partial charge in [-0.1, -0.05) is 0 Å².